The highest BCUT2D eigenvalue weighted by molar-refractivity contribution is 5.23. The van der Waals surface area contributed by atoms with Crippen LogP contribution in [0.3, 0.4) is 0 Å². The average molecular weight is 287 g/mol. The molecule has 0 spiro atoms. The van der Waals surface area contributed by atoms with Crippen LogP contribution >= 0.6 is 0 Å². The Hall–Kier alpha value is -1.03. The van der Waals surface area contributed by atoms with Crippen molar-refractivity contribution in [2.75, 3.05) is 0 Å². The number of hydrogen-bond donors (Lipinski definition) is 1. The van der Waals surface area contributed by atoms with Crippen LogP contribution in [0.25, 0.3) is 0 Å². The molecule has 0 fully saturated rings. The van der Waals surface area contributed by atoms with Gasteiger partial charge in [-0.3, -0.25) is 0 Å². The van der Waals surface area contributed by atoms with Crippen LogP contribution in [0.15, 0.2) is 30.3 Å². The molecule has 0 aromatic heterocycles. The molecule has 1 aromatic carbocycles. The fourth-order valence-corrected chi connectivity index (χ4v) is 2.72. The molecule has 114 valence electrons. The first-order valence-electron chi connectivity index (χ1n) is 6.98. The molecule has 4 heteroatoms. The van der Waals surface area contributed by atoms with E-state index in [0.29, 0.717) is 0 Å². The first kappa shape index (κ1) is 17.0. The maximum absolute atomic E-state index is 12.3. The van der Waals surface area contributed by atoms with Gasteiger partial charge in [-0.05, 0) is 31.2 Å². The van der Waals surface area contributed by atoms with Gasteiger partial charge in [-0.15, -0.1) is 0 Å². The first-order valence-corrected chi connectivity index (χ1v) is 6.98. The Morgan fingerprint density at radius 2 is 1.45 bits per heavy atom. The molecule has 0 heterocycles. The second-order valence-electron chi connectivity index (χ2n) is 6.24. The van der Waals surface area contributed by atoms with Crippen LogP contribution < -0.4 is 5.32 Å². The number of benzene rings is 1. The van der Waals surface area contributed by atoms with Gasteiger partial charge in [0.05, 0.1) is 6.42 Å². The second-order valence-corrected chi connectivity index (χ2v) is 6.24. The van der Waals surface area contributed by atoms with Gasteiger partial charge in [-0.25, -0.2) is 0 Å². The zero-order valence-corrected chi connectivity index (χ0v) is 12.6. The van der Waals surface area contributed by atoms with E-state index in [1.54, 1.807) is 6.92 Å². The highest BCUT2D eigenvalue weighted by atomic mass is 19.4. The number of hydrogen-bond acceptors (Lipinski definition) is 1. The molecule has 0 bridgehead atoms. The third-order valence-corrected chi connectivity index (χ3v) is 3.48. The lowest BCUT2D eigenvalue weighted by atomic mass is 9.79. The number of nitrogens with one attached hydrogen (secondary N) is 1. The maximum atomic E-state index is 12.3. The summed E-state index contributed by atoms with van der Waals surface area (Å²) in [6.07, 6.45) is -4.11. The van der Waals surface area contributed by atoms with Gasteiger partial charge in [0.25, 0.3) is 0 Å². The largest absolute Gasteiger partial charge is 0.390 e. The van der Waals surface area contributed by atoms with Crippen molar-refractivity contribution in [3.05, 3.63) is 35.9 Å². The fraction of sp³-hybridized carbons (Fsp3) is 0.625. The van der Waals surface area contributed by atoms with E-state index >= 15 is 0 Å². The maximum Gasteiger partial charge on any atom is 0.390 e. The molecule has 0 aliphatic heterocycles. The quantitative estimate of drug-likeness (QED) is 0.801. The first-order chi connectivity index (χ1) is 9.10. The molecule has 20 heavy (non-hydrogen) atoms. The van der Waals surface area contributed by atoms with Gasteiger partial charge in [-0.1, -0.05) is 44.2 Å². The van der Waals surface area contributed by atoms with Gasteiger partial charge in [0.2, 0.25) is 0 Å². The van der Waals surface area contributed by atoms with Crippen LogP contribution in [0.5, 0.6) is 0 Å². The molecular formula is C16H24F3N. The SMILES string of the molecule is CC(CC(F)(F)F)NC(C)CC(C)(C)c1ccccc1. The summed E-state index contributed by atoms with van der Waals surface area (Å²) in [6.45, 7) is 7.76. The summed E-state index contributed by atoms with van der Waals surface area (Å²) in [5.74, 6) is 0. The summed E-state index contributed by atoms with van der Waals surface area (Å²) in [5.41, 5.74) is 1.14. The Morgan fingerprint density at radius 1 is 0.950 bits per heavy atom. The number of alkyl halides is 3. The lowest BCUT2D eigenvalue weighted by Crippen LogP contribution is -2.40. The lowest BCUT2D eigenvalue weighted by Gasteiger charge is -2.31. The van der Waals surface area contributed by atoms with Crippen molar-refractivity contribution in [2.45, 2.75) is 64.2 Å². The van der Waals surface area contributed by atoms with Crippen LogP contribution in [-0.4, -0.2) is 18.3 Å². The van der Waals surface area contributed by atoms with Gasteiger partial charge in [0.1, 0.15) is 0 Å². The molecule has 0 amide bonds. The average Bonchev–Trinajstić information content (AvgIpc) is 2.26. The minimum atomic E-state index is -4.11. The lowest BCUT2D eigenvalue weighted by molar-refractivity contribution is -0.139. The summed E-state index contributed by atoms with van der Waals surface area (Å²) in [7, 11) is 0. The van der Waals surface area contributed by atoms with E-state index in [4.69, 9.17) is 0 Å². The van der Waals surface area contributed by atoms with Gasteiger partial charge >= 0.3 is 6.18 Å². The van der Waals surface area contributed by atoms with Crippen molar-refractivity contribution >= 4 is 0 Å². The summed E-state index contributed by atoms with van der Waals surface area (Å²) in [4.78, 5) is 0. The minimum Gasteiger partial charge on any atom is -0.311 e. The molecule has 1 N–H and O–H groups in total. The summed E-state index contributed by atoms with van der Waals surface area (Å²) < 4.78 is 37.0. The highest BCUT2D eigenvalue weighted by Crippen LogP contribution is 2.28. The standard InChI is InChI=1S/C16H24F3N/c1-12(20-13(2)11-16(17,18)19)10-15(3,4)14-8-6-5-7-9-14/h5-9,12-13,20H,10-11H2,1-4H3. The van der Waals surface area contributed by atoms with E-state index in [2.05, 4.69) is 31.3 Å². The van der Waals surface area contributed by atoms with Crippen molar-refractivity contribution in [3.8, 4) is 0 Å². The van der Waals surface area contributed by atoms with Crippen molar-refractivity contribution in [2.24, 2.45) is 0 Å². The normalized spacial score (nSPS) is 15.9. The zero-order chi connectivity index (χ0) is 15.4. The summed E-state index contributed by atoms with van der Waals surface area (Å²) >= 11 is 0. The predicted octanol–water partition coefficient (Wildman–Crippen LogP) is 4.67. The Kier molecular flexibility index (Phi) is 5.63. The molecule has 0 aliphatic carbocycles. The fourth-order valence-electron chi connectivity index (χ4n) is 2.72. The van der Waals surface area contributed by atoms with E-state index in [0.717, 1.165) is 6.42 Å². The van der Waals surface area contributed by atoms with Crippen molar-refractivity contribution in [1.29, 1.82) is 0 Å². The van der Waals surface area contributed by atoms with Gasteiger partial charge in [-0.2, -0.15) is 13.2 Å². The Bertz CT molecular complexity index is 398. The number of rotatable bonds is 6. The number of halogens is 3. The van der Waals surface area contributed by atoms with Crippen LogP contribution in [-0.2, 0) is 5.41 Å². The zero-order valence-electron chi connectivity index (χ0n) is 12.6. The molecule has 0 aliphatic rings. The molecule has 1 nitrogen and oxygen atoms in total. The molecule has 2 atom stereocenters. The van der Waals surface area contributed by atoms with Gasteiger partial charge in [0, 0.05) is 12.1 Å². The molecule has 2 unspecified atom stereocenters. The van der Waals surface area contributed by atoms with Crippen LogP contribution in [0.4, 0.5) is 13.2 Å². The highest BCUT2D eigenvalue weighted by Gasteiger charge is 2.31. The Morgan fingerprint density at radius 3 is 1.95 bits per heavy atom. The molecule has 1 aromatic rings. The minimum absolute atomic E-state index is 0.0301. The smallest absolute Gasteiger partial charge is 0.311 e. The third-order valence-electron chi connectivity index (χ3n) is 3.48. The van der Waals surface area contributed by atoms with Crippen LogP contribution in [0.1, 0.15) is 46.1 Å². The van der Waals surface area contributed by atoms with E-state index in [1.807, 2.05) is 25.1 Å². The Labute approximate surface area is 119 Å². The van der Waals surface area contributed by atoms with Crippen molar-refractivity contribution < 1.29 is 13.2 Å². The van der Waals surface area contributed by atoms with E-state index in [9.17, 15) is 13.2 Å². The Balaban J connectivity index is 2.55. The van der Waals surface area contributed by atoms with E-state index in [-0.39, 0.29) is 11.5 Å². The third kappa shape index (κ3) is 5.95. The molecule has 1 rings (SSSR count). The van der Waals surface area contributed by atoms with Crippen molar-refractivity contribution in [1.82, 2.24) is 5.32 Å². The van der Waals surface area contributed by atoms with E-state index < -0.39 is 18.6 Å². The van der Waals surface area contributed by atoms with E-state index in [1.165, 1.54) is 5.56 Å². The van der Waals surface area contributed by atoms with Gasteiger partial charge in [0.15, 0.2) is 0 Å². The molecular weight excluding hydrogens is 263 g/mol. The molecule has 0 radical (unpaired) electrons. The molecule has 0 saturated heterocycles. The van der Waals surface area contributed by atoms with Crippen LogP contribution in [0, 0.1) is 0 Å². The topological polar surface area (TPSA) is 12.0 Å². The van der Waals surface area contributed by atoms with Crippen LogP contribution in [0.2, 0.25) is 0 Å². The van der Waals surface area contributed by atoms with Crippen molar-refractivity contribution in [3.63, 3.8) is 0 Å². The second kappa shape index (κ2) is 6.61. The monoisotopic (exact) mass is 287 g/mol. The summed E-state index contributed by atoms with van der Waals surface area (Å²) in [6, 6.07) is 9.53. The predicted molar refractivity (Wildman–Crippen MR) is 76.8 cm³/mol. The molecule has 0 saturated carbocycles. The summed E-state index contributed by atoms with van der Waals surface area (Å²) in [5, 5.41) is 3.04. The van der Waals surface area contributed by atoms with Gasteiger partial charge < -0.3 is 5.32 Å².